The zero-order valence-electron chi connectivity index (χ0n) is 9.89. The predicted molar refractivity (Wildman–Crippen MR) is 65.7 cm³/mol. The Balaban J connectivity index is 2.61. The third-order valence-corrected chi connectivity index (χ3v) is 5.31. The summed E-state index contributed by atoms with van der Waals surface area (Å²) in [4.78, 5) is 13.3. The molecule has 0 unspecified atom stereocenters. The molecule has 1 amide bonds. The van der Waals surface area contributed by atoms with Crippen LogP contribution in [0.25, 0.3) is 0 Å². The van der Waals surface area contributed by atoms with Crippen molar-refractivity contribution in [2.24, 2.45) is 0 Å². The number of hydrogen-bond donors (Lipinski definition) is 0. The molecule has 0 aromatic carbocycles. The van der Waals surface area contributed by atoms with Crippen LogP contribution in [0.1, 0.15) is 19.8 Å². The van der Waals surface area contributed by atoms with Crippen LogP contribution in [0.4, 0.5) is 0 Å². The minimum Gasteiger partial charge on any atom is -0.378 e. The normalized spacial score (nSPS) is 19.1. The first-order chi connectivity index (χ1) is 7.99. The van der Waals surface area contributed by atoms with Crippen molar-refractivity contribution < 1.29 is 17.9 Å². The van der Waals surface area contributed by atoms with E-state index in [1.807, 2.05) is 6.92 Å². The average molecular weight is 284 g/mol. The van der Waals surface area contributed by atoms with Crippen molar-refractivity contribution in [3.8, 4) is 0 Å². The molecule has 0 saturated carbocycles. The summed E-state index contributed by atoms with van der Waals surface area (Å²) in [5.74, 6) is -0.556. The van der Waals surface area contributed by atoms with E-state index in [0.29, 0.717) is 32.7 Å². The molecule has 0 N–H and O–H groups in total. The van der Waals surface area contributed by atoms with E-state index >= 15 is 0 Å². The van der Waals surface area contributed by atoms with Gasteiger partial charge in [0.1, 0.15) is 0 Å². The van der Waals surface area contributed by atoms with Gasteiger partial charge < -0.3 is 9.64 Å². The first-order valence-electron chi connectivity index (χ1n) is 5.71. The molecule has 0 aromatic rings. The molecule has 1 saturated heterocycles. The molecular formula is C10H18ClNO4S. The maximum atomic E-state index is 11.9. The first-order valence-corrected chi connectivity index (χ1v) is 7.86. The monoisotopic (exact) mass is 283 g/mol. The Kier molecular flexibility index (Phi) is 5.69. The van der Waals surface area contributed by atoms with Crippen LogP contribution in [0.3, 0.4) is 0 Å². The number of sulfone groups is 1. The average Bonchev–Trinajstić information content (AvgIpc) is 2.35. The SMILES string of the molecule is CCCCS(=O)(=O)[C@H](Cl)C(=O)N1CCOCC1. The summed E-state index contributed by atoms with van der Waals surface area (Å²) >= 11 is 5.77. The Hall–Kier alpha value is -0.330. The van der Waals surface area contributed by atoms with Crippen LogP contribution >= 0.6 is 11.6 Å². The van der Waals surface area contributed by atoms with Gasteiger partial charge in [0, 0.05) is 13.1 Å². The molecule has 5 nitrogen and oxygen atoms in total. The minimum atomic E-state index is -3.54. The summed E-state index contributed by atoms with van der Waals surface area (Å²) in [6, 6.07) is 0. The summed E-state index contributed by atoms with van der Waals surface area (Å²) in [6.07, 6.45) is 1.29. The van der Waals surface area contributed by atoms with Crippen molar-refractivity contribution >= 4 is 27.3 Å². The predicted octanol–water partition coefficient (Wildman–Crippen LogP) is 0.625. The number of alkyl halides is 1. The number of morpholine rings is 1. The fraction of sp³-hybridized carbons (Fsp3) is 0.900. The second kappa shape index (κ2) is 6.56. The summed E-state index contributed by atoms with van der Waals surface area (Å²) in [5.41, 5.74) is 0. The van der Waals surface area contributed by atoms with Gasteiger partial charge in [-0.15, -0.1) is 0 Å². The molecule has 0 spiro atoms. The summed E-state index contributed by atoms with van der Waals surface area (Å²) in [5, 5.41) is 0. The van der Waals surface area contributed by atoms with Crippen molar-refractivity contribution in [1.29, 1.82) is 0 Å². The van der Waals surface area contributed by atoms with E-state index < -0.39 is 20.5 Å². The molecule has 1 aliphatic heterocycles. The van der Waals surface area contributed by atoms with Crippen LogP contribution in [0.2, 0.25) is 0 Å². The maximum Gasteiger partial charge on any atom is 0.256 e. The zero-order chi connectivity index (χ0) is 12.9. The second-order valence-corrected chi connectivity index (χ2v) is 6.87. The van der Waals surface area contributed by atoms with Gasteiger partial charge in [0.25, 0.3) is 5.91 Å². The molecule has 0 radical (unpaired) electrons. The van der Waals surface area contributed by atoms with Gasteiger partial charge in [0.15, 0.2) is 9.84 Å². The summed E-state index contributed by atoms with van der Waals surface area (Å²) in [6.45, 7) is 3.58. The number of rotatable bonds is 5. The van der Waals surface area contributed by atoms with Gasteiger partial charge in [-0.2, -0.15) is 0 Å². The molecule has 0 bridgehead atoms. The highest BCUT2D eigenvalue weighted by Gasteiger charge is 2.33. The Bertz CT molecular complexity index is 351. The summed E-state index contributed by atoms with van der Waals surface area (Å²) < 4.78 is 27.2. The van der Waals surface area contributed by atoms with Crippen LogP contribution in [0.5, 0.6) is 0 Å². The molecule has 100 valence electrons. The number of carbonyl (C=O) groups is 1. The van der Waals surface area contributed by atoms with Crippen LogP contribution in [0, 0.1) is 0 Å². The third kappa shape index (κ3) is 4.12. The van der Waals surface area contributed by atoms with E-state index in [1.54, 1.807) is 0 Å². The van der Waals surface area contributed by atoms with Crippen molar-refractivity contribution in [2.45, 2.75) is 24.5 Å². The lowest BCUT2D eigenvalue weighted by atomic mass is 10.4. The van der Waals surface area contributed by atoms with Crippen LogP contribution in [0.15, 0.2) is 0 Å². The highest BCUT2D eigenvalue weighted by atomic mass is 35.5. The Morgan fingerprint density at radius 2 is 2.00 bits per heavy atom. The fourth-order valence-electron chi connectivity index (χ4n) is 1.53. The van der Waals surface area contributed by atoms with Gasteiger partial charge in [-0.3, -0.25) is 4.79 Å². The molecule has 1 fully saturated rings. The highest BCUT2D eigenvalue weighted by Crippen LogP contribution is 2.14. The van der Waals surface area contributed by atoms with E-state index in [2.05, 4.69) is 0 Å². The van der Waals surface area contributed by atoms with E-state index in [4.69, 9.17) is 16.3 Å². The lowest BCUT2D eigenvalue weighted by Crippen LogP contribution is -2.46. The molecule has 7 heteroatoms. The van der Waals surface area contributed by atoms with Crippen LogP contribution < -0.4 is 0 Å². The van der Waals surface area contributed by atoms with Crippen molar-refractivity contribution in [1.82, 2.24) is 4.90 Å². The molecule has 1 atom stereocenters. The largest absolute Gasteiger partial charge is 0.378 e. The molecule has 1 rings (SSSR count). The second-order valence-electron chi connectivity index (χ2n) is 3.97. The molecular weight excluding hydrogens is 266 g/mol. The van der Waals surface area contributed by atoms with Gasteiger partial charge >= 0.3 is 0 Å². The van der Waals surface area contributed by atoms with Crippen LogP contribution in [-0.2, 0) is 19.4 Å². The van der Waals surface area contributed by atoms with Crippen molar-refractivity contribution in [2.75, 3.05) is 32.1 Å². The van der Waals surface area contributed by atoms with E-state index in [0.717, 1.165) is 6.42 Å². The van der Waals surface area contributed by atoms with E-state index in [1.165, 1.54) is 4.90 Å². The van der Waals surface area contributed by atoms with Crippen molar-refractivity contribution in [3.63, 3.8) is 0 Å². The van der Waals surface area contributed by atoms with E-state index in [9.17, 15) is 13.2 Å². The van der Waals surface area contributed by atoms with Gasteiger partial charge in [0.2, 0.25) is 4.71 Å². The standard InChI is InChI=1S/C10H18ClNO4S/c1-2-3-8-17(14,15)9(11)10(13)12-4-6-16-7-5-12/h9H,2-8H2,1H3/t9-/m0/s1. The van der Waals surface area contributed by atoms with Gasteiger partial charge in [-0.05, 0) is 6.42 Å². The zero-order valence-corrected chi connectivity index (χ0v) is 11.5. The van der Waals surface area contributed by atoms with Gasteiger partial charge in [0.05, 0.1) is 19.0 Å². The van der Waals surface area contributed by atoms with Gasteiger partial charge in [-0.1, -0.05) is 24.9 Å². The smallest absolute Gasteiger partial charge is 0.256 e. The Morgan fingerprint density at radius 1 is 1.41 bits per heavy atom. The first kappa shape index (κ1) is 14.7. The minimum absolute atomic E-state index is 0.0340. The molecule has 1 aliphatic rings. The number of carbonyl (C=O) groups excluding carboxylic acids is 1. The van der Waals surface area contributed by atoms with Crippen LogP contribution in [-0.4, -0.2) is 56.0 Å². The Labute approximate surface area is 107 Å². The third-order valence-electron chi connectivity index (χ3n) is 2.61. The topological polar surface area (TPSA) is 63.7 Å². The molecule has 17 heavy (non-hydrogen) atoms. The number of unbranched alkanes of at least 4 members (excludes halogenated alkanes) is 1. The lowest BCUT2D eigenvalue weighted by molar-refractivity contribution is -0.133. The summed E-state index contributed by atoms with van der Waals surface area (Å²) in [7, 11) is -3.54. The van der Waals surface area contributed by atoms with E-state index in [-0.39, 0.29) is 5.75 Å². The molecule has 0 aliphatic carbocycles. The maximum absolute atomic E-state index is 11.9. The molecule has 1 heterocycles. The number of nitrogens with zero attached hydrogens (tertiary/aromatic N) is 1. The number of halogens is 1. The fourth-order valence-corrected chi connectivity index (χ4v) is 3.29. The quantitative estimate of drug-likeness (QED) is 0.694. The lowest BCUT2D eigenvalue weighted by Gasteiger charge is -2.28. The van der Waals surface area contributed by atoms with Crippen molar-refractivity contribution in [3.05, 3.63) is 0 Å². The molecule has 0 aromatic heterocycles. The van der Waals surface area contributed by atoms with Gasteiger partial charge in [-0.25, -0.2) is 8.42 Å². The Morgan fingerprint density at radius 3 is 2.53 bits per heavy atom. The number of amides is 1. The number of ether oxygens (including phenoxy) is 1. The highest BCUT2D eigenvalue weighted by molar-refractivity contribution is 7.94. The number of hydrogen-bond acceptors (Lipinski definition) is 4.